The first-order valence-electron chi connectivity index (χ1n) is 7.40. The van der Waals surface area contributed by atoms with Crippen LogP contribution in [0, 0.1) is 11.7 Å². The van der Waals surface area contributed by atoms with Crippen LogP contribution in [0.5, 0.6) is 5.75 Å². The van der Waals surface area contributed by atoms with Crippen LogP contribution in [0.25, 0.3) is 0 Å². The smallest absolute Gasteiger partial charge is 0.165 e. The molecule has 0 spiro atoms. The molecule has 1 aliphatic rings. The summed E-state index contributed by atoms with van der Waals surface area (Å²) in [5, 5.41) is 3.38. The van der Waals surface area contributed by atoms with Crippen molar-refractivity contribution in [1.29, 1.82) is 0 Å². The minimum Gasteiger partial charge on any atom is -0.494 e. The highest BCUT2D eigenvalue weighted by Crippen LogP contribution is 2.31. The number of methoxy groups -OCH3 is 1. The third-order valence-electron chi connectivity index (χ3n) is 3.85. The molecule has 1 aromatic rings. The third kappa shape index (κ3) is 5.58. The highest BCUT2D eigenvalue weighted by atomic mass is 35.5. The maximum absolute atomic E-state index is 13.6. The van der Waals surface area contributed by atoms with Crippen molar-refractivity contribution in [3.8, 4) is 5.75 Å². The molecule has 1 heterocycles. The number of nitrogens with zero attached hydrogens (tertiary/aromatic N) is 1. The zero-order valence-electron chi connectivity index (χ0n) is 13.5. The first kappa shape index (κ1) is 21.4. The second kappa shape index (κ2) is 10.3. The summed E-state index contributed by atoms with van der Waals surface area (Å²) in [4.78, 5) is 2.49. The van der Waals surface area contributed by atoms with Crippen LogP contribution < -0.4 is 10.1 Å². The molecular formula is C16H27Cl2FN2O. The van der Waals surface area contributed by atoms with E-state index in [1.807, 2.05) is 12.1 Å². The maximum Gasteiger partial charge on any atom is 0.165 e. The van der Waals surface area contributed by atoms with E-state index in [4.69, 9.17) is 4.74 Å². The quantitative estimate of drug-likeness (QED) is 0.874. The lowest BCUT2D eigenvalue weighted by molar-refractivity contribution is 0.153. The lowest BCUT2D eigenvalue weighted by Crippen LogP contribution is -2.45. The fraction of sp³-hybridized carbons (Fsp3) is 0.625. The van der Waals surface area contributed by atoms with Crippen LogP contribution in [0.3, 0.4) is 0 Å². The van der Waals surface area contributed by atoms with Gasteiger partial charge in [-0.25, -0.2) is 4.39 Å². The van der Waals surface area contributed by atoms with Gasteiger partial charge in [-0.1, -0.05) is 19.9 Å². The Morgan fingerprint density at radius 1 is 1.23 bits per heavy atom. The second-order valence-corrected chi connectivity index (χ2v) is 5.83. The summed E-state index contributed by atoms with van der Waals surface area (Å²) in [6.45, 7) is 8.58. The molecule has 0 amide bonds. The van der Waals surface area contributed by atoms with Crippen molar-refractivity contribution < 1.29 is 9.13 Å². The molecule has 0 radical (unpaired) electrons. The minimum absolute atomic E-state index is 0. The van der Waals surface area contributed by atoms with Crippen molar-refractivity contribution in [2.75, 3.05) is 33.3 Å². The normalized spacial score (nSPS) is 16.6. The first-order valence-corrected chi connectivity index (χ1v) is 7.40. The van der Waals surface area contributed by atoms with E-state index in [2.05, 4.69) is 24.1 Å². The lowest BCUT2D eigenvalue weighted by atomic mass is 9.95. The second-order valence-electron chi connectivity index (χ2n) is 5.83. The Labute approximate surface area is 145 Å². The number of ether oxygens (including phenoxy) is 1. The minimum atomic E-state index is -0.292. The summed E-state index contributed by atoms with van der Waals surface area (Å²) >= 11 is 0. The Bertz CT molecular complexity index is 440. The summed E-state index contributed by atoms with van der Waals surface area (Å²) in [5.74, 6) is 0.650. The number of nitrogens with one attached hydrogen (secondary N) is 1. The molecule has 0 aliphatic carbocycles. The molecule has 3 nitrogen and oxygen atoms in total. The number of hydrogen-bond acceptors (Lipinski definition) is 3. The molecule has 1 N–H and O–H groups in total. The highest BCUT2D eigenvalue weighted by Gasteiger charge is 2.23. The number of hydrogen-bond donors (Lipinski definition) is 1. The van der Waals surface area contributed by atoms with Gasteiger partial charge in [-0.15, -0.1) is 24.8 Å². The average molecular weight is 353 g/mol. The molecule has 2 rings (SSSR count). The fourth-order valence-corrected chi connectivity index (χ4v) is 2.82. The van der Waals surface area contributed by atoms with E-state index in [0.29, 0.717) is 17.7 Å². The van der Waals surface area contributed by atoms with Gasteiger partial charge in [0.1, 0.15) is 0 Å². The van der Waals surface area contributed by atoms with Crippen LogP contribution in [-0.4, -0.2) is 38.2 Å². The molecule has 1 aromatic carbocycles. The summed E-state index contributed by atoms with van der Waals surface area (Å²) < 4.78 is 18.7. The van der Waals surface area contributed by atoms with E-state index in [0.717, 1.165) is 38.2 Å². The molecule has 128 valence electrons. The summed E-state index contributed by atoms with van der Waals surface area (Å²) in [7, 11) is 1.52. The zero-order valence-corrected chi connectivity index (χ0v) is 15.1. The molecule has 1 fully saturated rings. The van der Waals surface area contributed by atoms with Crippen molar-refractivity contribution in [2.24, 2.45) is 5.92 Å². The molecule has 0 saturated carbocycles. The van der Waals surface area contributed by atoms with Crippen LogP contribution in [0.2, 0.25) is 0 Å². The van der Waals surface area contributed by atoms with Crippen LogP contribution >= 0.6 is 24.8 Å². The molecular weight excluding hydrogens is 326 g/mol. The van der Waals surface area contributed by atoms with Crippen molar-refractivity contribution in [3.05, 3.63) is 29.6 Å². The molecule has 1 atom stereocenters. The highest BCUT2D eigenvalue weighted by molar-refractivity contribution is 5.85. The standard InChI is InChI=1S/C16H25FN2O.2ClH/c1-12(2)10-15(19-8-6-18-7-9-19)13-4-5-14(17)16(11-13)20-3;;/h4-5,11-12,15,18H,6-10H2,1-3H3;2*1H/t15-;;/m0../s1. The van der Waals surface area contributed by atoms with Gasteiger partial charge < -0.3 is 10.1 Å². The van der Waals surface area contributed by atoms with E-state index in [-0.39, 0.29) is 30.6 Å². The Balaban J connectivity index is 0.00000220. The van der Waals surface area contributed by atoms with E-state index >= 15 is 0 Å². The predicted molar refractivity (Wildman–Crippen MR) is 94.1 cm³/mol. The predicted octanol–water partition coefficient (Wildman–Crippen LogP) is 3.67. The van der Waals surface area contributed by atoms with Crippen molar-refractivity contribution >= 4 is 24.8 Å². The number of rotatable bonds is 5. The molecule has 0 aromatic heterocycles. The van der Waals surface area contributed by atoms with Gasteiger partial charge in [0, 0.05) is 32.2 Å². The summed E-state index contributed by atoms with van der Waals surface area (Å²) in [6, 6.07) is 5.60. The van der Waals surface area contributed by atoms with Gasteiger partial charge in [-0.2, -0.15) is 0 Å². The van der Waals surface area contributed by atoms with E-state index < -0.39 is 0 Å². The van der Waals surface area contributed by atoms with Gasteiger partial charge in [0.15, 0.2) is 11.6 Å². The van der Waals surface area contributed by atoms with Crippen molar-refractivity contribution in [3.63, 3.8) is 0 Å². The van der Waals surface area contributed by atoms with Crippen LogP contribution in [0.1, 0.15) is 31.9 Å². The molecule has 6 heteroatoms. The van der Waals surface area contributed by atoms with Crippen LogP contribution in [0.4, 0.5) is 4.39 Å². The number of benzene rings is 1. The van der Waals surface area contributed by atoms with Crippen molar-refractivity contribution in [2.45, 2.75) is 26.3 Å². The average Bonchev–Trinajstić information content (AvgIpc) is 2.46. The van der Waals surface area contributed by atoms with Crippen LogP contribution in [-0.2, 0) is 0 Å². The van der Waals surface area contributed by atoms with Gasteiger partial charge in [0.25, 0.3) is 0 Å². The topological polar surface area (TPSA) is 24.5 Å². The Kier molecular flexibility index (Phi) is 10.0. The zero-order chi connectivity index (χ0) is 14.5. The Hall–Kier alpha value is -0.550. The SMILES string of the molecule is COc1cc([C@H](CC(C)C)N2CCNCC2)ccc1F.Cl.Cl. The van der Waals surface area contributed by atoms with Gasteiger partial charge in [0.05, 0.1) is 7.11 Å². The van der Waals surface area contributed by atoms with Gasteiger partial charge >= 0.3 is 0 Å². The molecule has 1 saturated heterocycles. The number of piperazine rings is 1. The fourth-order valence-electron chi connectivity index (χ4n) is 2.82. The molecule has 0 unspecified atom stereocenters. The van der Waals surface area contributed by atoms with E-state index in [1.54, 1.807) is 0 Å². The van der Waals surface area contributed by atoms with Gasteiger partial charge in [-0.3, -0.25) is 4.90 Å². The molecule has 1 aliphatic heterocycles. The van der Waals surface area contributed by atoms with Gasteiger partial charge in [-0.05, 0) is 30.0 Å². The summed E-state index contributed by atoms with van der Waals surface area (Å²) in [5.41, 5.74) is 1.15. The Morgan fingerprint density at radius 3 is 2.41 bits per heavy atom. The first-order chi connectivity index (χ1) is 9.61. The monoisotopic (exact) mass is 352 g/mol. The Morgan fingerprint density at radius 2 is 1.86 bits per heavy atom. The lowest BCUT2D eigenvalue weighted by Gasteiger charge is -2.36. The molecule has 0 bridgehead atoms. The largest absolute Gasteiger partial charge is 0.494 e. The van der Waals surface area contributed by atoms with Crippen molar-refractivity contribution in [1.82, 2.24) is 10.2 Å². The third-order valence-corrected chi connectivity index (χ3v) is 3.85. The van der Waals surface area contributed by atoms with Crippen LogP contribution in [0.15, 0.2) is 18.2 Å². The summed E-state index contributed by atoms with van der Waals surface area (Å²) in [6.07, 6.45) is 1.08. The van der Waals surface area contributed by atoms with E-state index in [1.165, 1.54) is 13.2 Å². The van der Waals surface area contributed by atoms with E-state index in [9.17, 15) is 4.39 Å². The number of halogens is 3. The van der Waals surface area contributed by atoms with Gasteiger partial charge in [0.2, 0.25) is 0 Å². The molecule has 22 heavy (non-hydrogen) atoms. The maximum atomic E-state index is 13.6.